The average molecular weight is 331 g/mol. The van der Waals surface area contributed by atoms with Crippen LogP contribution >= 0.6 is 0 Å². The molecule has 2 fully saturated rings. The van der Waals surface area contributed by atoms with Gasteiger partial charge in [-0.05, 0) is 25.8 Å². The van der Waals surface area contributed by atoms with Crippen molar-refractivity contribution in [2.24, 2.45) is 0 Å². The van der Waals surface area contributed by atoms with Crippen molar-refractivity contribution in [3.05, 3.63) is 0 Å². The zero-order valence-electron chi connectivity index (χ0n) is 13.8. The predicted molar refractivity (Wildman–Crippen MR) is 87.1 cm³/mol. The van der Waals surface area contributed by atoms with E-state index in [1.165, 1.54) is 23.6 Å². The average Bonchev–Trinajstić information content (AvgIpc) is 2.48. The second-order valence-corrected chi connectivity index (χ2v) is 8.91. The van der Waals surface area contributed by atoms with Gasteiger partial charge in [0.1, 0.15) is 0 Å². The molecule has 6 nitrogen and oxygen atoms in total. The summed E-state index contributed by atoms with van der Waals surface area (Å²) in [5.74, 6) is 0.366. The van der Waals surface area contributed by atoms with Crippen molar-refractivity contribution in [1.29, 1.82) is 0 Å². The molecule has 0 aromatic heterocycles. The summed E-state index contributed by atoms with van der Waals surface area (Å²) in [5.41, 5.74) is 0. The zero-order valence-corrected chi connectivity index (χ0v) is 14.6. The van der Waals surface area contributed by atoms with Crippen LogP contribution in [-0.2, 0) is 14.8 Å². The van der Waals surface area contributed by atoms with Gasteiger partial charge < -0.3 is 4.90 Å². The Morgan fingerprint density at radius 2 is 1.82 bits per heavy atom. The number of carbonyl (C=O) groups excluding carboxylic acids is 1. The van der Waals surface area contributed by atoms with Crippen LogP contribution in [0.1, 0.15) is 38.5 Å². The van der Waals surface area contributed by atoms with E-state index in [0.29, 0.717) is 25.6 Å². The van der Waals surface area contributed by atoms with E-state index >= 15 is 0 Å². The number of rotatable bonds is 6. The Morgan fingerprint density at radius 3 is 2.41 bits per heavy atom. The minimum Gasteiger partial charge on any atom is -0.337 e. The number of sulfonamides is 1. The van der Waals surface area contributed by atoms with Gasteiger partial charge in [0.25, 0.3) is 0 Å². The van der Waals surface area contributed by atoms with Crippen LogP contribution in [0, 0.1) is 0 Å². The number of carbonyl (C=O) groups is 1. The van der Waals surface area contributed by atoms with E-state index in [1.54, 1.807) is 14.1 Å². The SMILES string of the molecule is CN(C)S(=O)(=O)CCCN1CCN(C2CCCCC2)C(=O)C1. The van der Waals surface area contributed by atoms with Crippen molar-refractivity contribution in [3.63, 3.8) is 0 Å². The van der Waals surface area contributed by atoms with E-state index in [1.807, 2.05) is 0 Å². The summed E-state index contributed by atoms with van der Waals surface area (Å²) in [6, 6.07) is 0.442. The lowest BCUT2D eigenvalue weighted by atomic mass is 9.93. The fourth-order valence-corrected chi connectivity index (χ4v) is 4.22. The Kier molecular flexibility index (Phi) is 6.23. The summed E-state index contributed by atoms with van der Waals surface area (Å²) in [7, 11) is -0.0144. The van der Waals surface area contributed by atoms with Gasteiger partial charge in [-0.15, -0.1) is 0 Å². The quantitative estimate of drug-likeness (QED) is 0.720. The highest BCUT2D eigenvalue weighted by atomic mass is 32.2. The van der Waals surface area contributed by atoms with Crippen molar-refractivity contribution in [3.8, 4) is 0 Å². The smallest absolute Gasteiger partial charge is 0.237 e. The van der Waals surface area contributed by atoms with Gasteiger partial charge >= 0.3 is 0 Å². The third-order valence-corrected chi connectivity index (χ3v) is 6.70. The van der Waals surface area contributed by atoms with Gasteiger partial charge in [0.05, 0.1) is 12.3 Å². The third-order valence-electron chi connectivity index (χ3n) is 4.78. The van der Waals surface area contributed by atoms with Crippen LogP contribution in [0.25, 0.3) is 0 Å². The summed E-state index contributed by atoms with van der Waals surface area (Å²) >= 11 is 0. The van der Waals surface area contributed by atoms with Gasteiger partial charge in [0.15, 0.2) is 0 Å². The lowest BCUT2D eigenvalue weighted by Crippen LogP contribution is -2.54. The minimum absolute atomic E-state index is 0.150. The molecule has 2 rings (SSSR count). The highest BCUT2D eigenvalue weighted by molar-refractivity contribution is 7.89. The van der Waals surface area contributed by atoms with E-state index in [0.717, 1.165) is 25.9 Å². The first-order valence-corrected chi connectivity index (χ1v) is 9.93. The van der Waals surface area contributed by atoms with Crippen LogP contribution in [0.2, 0.25) is 0 Å². The molecule has 1 heterocycles. The molecule has 1 aliphatic carbocycles. The number of nitrogens with zero attached hydrogens (tertiary/aromatic N) is 3. The molecule has 0 bridgehead atoms. The molecule has 1 saturated heterocycles. The van der Waals surface area contributed by atoms with Crippen LogP contribution in [0.15, 0.2) is 0 Å². The maximum Gasteiger partial charge on any atom is 0.237 e. The second-order valence-electron chi connectivity index (χ2n) is 6.61. The largest absolute Gasteiger partial charge is 0.337 e. The summed E-state index contributed by atoms with van der Waals surface area (Å²) in [6.45, 7) is 2.78. The Hall–Kier alpha value is -0.660. The molecule has 0 atom stereocenters. The molecule has 22 heavy (non-hydrogen) atoms. The molecule has 0 aromatic rings. The molecule has 1 saturated carbocycles. The summed E-state index contributed by atoms with van der Waals surface area (Å²) in [6.07, 6.45) is 6.64. The molecule has 0 aromatic carbocycles. The standard InChI is InChI=1S/C15H29N3O3S/c1-16(2)22(20,21)12-6-9-17-10-11-18(15(19)13-17)14-7-4-3-5-8-14/h14H,3-13H2,1-2H3. The van der Waals surface area contributed by atoms with Crippen molar-refractivity contribution < 1.29 is 13.2 Å². The molecular formula is C15H29N3O3S. The molecule has 2 aliphatic rings. The van der Waals surface area contributed by atoms with Crippen LogP contribution < -0.4 is 0 Å². The molecule has 0 radical (unpaired) electrons. The van der Waals surface area contributed by atoms with Crippen molar-refractivity contribution in [2.45, 2.75) is 44.6 Å². The van der Waals surface area contributed by atoms with Crippen LogP contribution in [0.3, 0.4) is 0 Å². The Morgan fingerprint density at radius 1 is 1.14 bits per heavy atom. The molecule has 0 N–H and O–H groups in total. The first-order chi connectivity index (χ1) is 10.4. The topological polar surface area (TPSA) is 60.9 Å². The number of amides is 1. The van der Waals surface area contributed by atoms with Crippen LogP contribution in [-0.4, -0.2) is 80.5 Å². The van der Waals surface area contributed by atoms with Gasteiger partial charge in [-0.1, -0.05) is 19.3 Å². The zero-order chi connectivity index (χ0) is 16.2. The van der Waals surface area contributed by atoms with E-state index in [9.17, 15) is 13.2 Å². The van der Waals surface area contributed by atoms with E-state index in [-0.39, 0.29) is 11.7 Å². The number of piperazine rings is 1. The highest BCUT2D eigenvalue weighted by Crippen LogP contribution is 2.24. The van der Waals surface area contributed by atoms with Gasteiger partial charge in [0.2, 0.25) is 15.9 Å². The Bertz CT molecular complexity index is 472. The van der Waals surface area contributed by atoms with Gasteiger partial charge in [-0.2, -0.15) is 0 Å². The first kappa shape index (κ1) is 17.7. The third kappa shape index (κ3) is 4.67. The molecule has 7 heteroatoms. The predicted octanol–water partition coefficient (Wildman–Crippen LogP) is 0.745. The lowest BCUT2D eigenvalue weighted by molar-refractivity contribution is -0.139. The fraction of sp³-hybridized carbons (Fsp3) is 0.933. The highest BCUT2D eigenvalue weighted by Gasteiger charge is 2.30. The lowest BCUT2D eigenvalue weighted by Gasteiger charge is -2.40. The fourth-order valence-electron chi connectivity index (χ4n) is 3.36. The normalized spacial score (nSPS) is 22.5. The number of hydrogen-bond acceptors (Lipinski definition) is 4. The van der Waals surface area contributed by atoms with Crippen LogP contribution in [0.5, 0.6) is 0 Å². The Labute approximate surface area is 134 Å². The molecule has 1 amide bonds. The van der Waals surface area contributed by atoms with E-state index in [2.05, 4.69) is 9.80 Å². The summed E-state index contributed by atoms with van der Waals surface area (Å²) in [5, 5.41) is 0. The maximum absolute atomic E-state index is 12.3. The molecule has 0 spiro atoms. The molecular weight excluding hydrogens is 302 g/mol. The van der Waals surface area contributed by atoms with Crippen molar-refractivity contribution in [1.82, 2.24) is 14.1 Å². The van der Waals surface area contributed by atoms with E-state index < -0.39 is 10.0 Å². The Balaban J connectivity index is 1.74. The van der Waals surface area contributed by atoms with E-state index in [4.69, 9.17) is 0 Å². The second kappa shape index (κ2) is 7.75. The molecule has 1 aliphatic heterocycles. The van der Waals surface area contributed by atoms with Crippen LogP contribution in [0.4, 0.5) is 0 Å². The van der Waals surface area contributed by atoms with Crippen molar-refractivity contribution in [2.75, 3.05) is 46.0 Å². The summed E-state index contributed by atoms with van der Waals surface area (Å²) < 4.78 is 24.7. The maximum atomic E-state index is 12.3. The van der Waals surface area contributed by atoms with Gasteiger partial charge in [-0.25, -0.2) is 12.7 Å². The monoisotopic (exact) mass is 331 g/mol. The van der Waals surface area contributed by atoms with Crippen molar-refractivity contribution >= 4 is 15.9 Å². The molecule has 0 unspecified atom stereocenters. The minimum atomic E-state index is -3.13. The van der Waals surface area contributed by atoms with Gasteiger partial charge in [-0.3, -0.25) is 9.69 Å². The van der Waals surface area contributed by atoms with Gasteiger partial charge in [0, 0.05) is 33.2 Å². The first-order valence-electron chi connectivity index (χ1n) is 8.32. The number of hydrogen-bond donors (Lipinski definition) is 0. The summed E-state index contributed by atoms with van der Waals surface area (Å²) in [4.78, 5) is 16.5. The molecule has 128 valence electrons.